The van der Waals surface area contributed by atoms with E-state index in [0.717, 1.165) is 5.56 Å². The van der Waals surface area contributed by atoms with Crippen LogP contribution in [0.25, 0.3) is 0 Å². The number of nitrogens with zero attached hydrogens (tertiary/aromatic N) is 3. The number of aromatic nitrogens is 3. The van der Waals surface area contributed by atoms with Crippen LogP contribution in [-0.2, 0) is 20.5 Å². The van der Waals surface area contributed by atoms with E-state index in [2.05, 4.69) is 20.5 Å². The summed E-state index contributed by atoms with van der Waals surface area (Å²) >= 11 is 7.30. The van der Waals surface area contributed by atoms with Gasteiger partial charge in [-0.1, -0.05) is 35.5 Å². The molecule has 0 atom stereocenters. The molecule has 2 aromatic carbocycles. The predicted molar refractivity (Wildman–Crippen MR) is 121 cm³/mol. The third-order valence-electron chi connectivity index (χ3n) is 4.70. The molecular weight excluding hydrogens is 474 g/mol. The Morgan fingerprint density at radius 2 is 1.81 bits per heavy atom. The highest BCUT2D eigenvalue weighted by Crippen LogP contribution is 2.22. The Morgan fingerprint density at radius 1 is 1.12 bits per heavy atom. The van der Waals surface area contributed by atoms with Crippen LogP contribution in [-0.4, -0.2) is 60.1 Å². The van der Waals surface area contributed by atoms with Gasteiger partial charge in [-0.05, 0) is 42.0 Å². The average molecular weight is 494 g/mol. The van der Waals surface area contributed by atoms with Crippen LogP contribution in [0.5, 0.6) is 0 Å². The van der Waals surface area contributed by atoms with E-state index in [9.17, 15) is 13.2 Å². The Labute approximate surface area is 194 Å². The van der Waals surface area contributed by atoms with Crippen LogP contribution in [0, 0.1) is 0 Å². The molecule has 2 heterocycles. The van der Waals surface area contributed by atoms with Crippen molar-refractivity contribution in [2.45, 2.75) is 15.8 Å². The van der Waals surface area contributed by atoms with E-state index in [-0.39, 0.29) is 10.8 Å². The molecule has 12 heteroatoms. The summed E-state index contributed by atoms with van der Waals surface area (Å²) in [5, 5.41) is 10.6. The zero-order valence-corrected chi connectivity index (χ0v) is 19.2. The lowest BCUT2D eigenvalue weighted by molar-refractivity contribution is 0.0730. The van der Waals surface area contributed by atoms with Gasteiger partial charge in [-0.15, -0.1) is 5.10 Å². The summed E-state index contributed by atoms with van der Waals surface area (Å²) in [5.41, 5.74) is 1.37. The number of halogens is 1. The second-order valence-electron chi connectivity index (χ2n) is 6.88. The fourth-order valence-electron chi connectivity index (χ4n) is 2.99. The second-order valence-corrected chi connectivity index (χ2v) is 10.2. The first-order valence-electron chi connectivity index (χ1n) is 9.71. The van der Waals surface area contributed by atoms with Gasteiger partial charge in [-0.3, -0.25) is 10.1 Å². The molecule has 168 valence electrons. The van der Waals surface area contributed by atoms with Gasteiger partial charge >= 0.3 is 0 Å². The summed E-state index contributed by atoms with van der Waals surface area (Å²) < 4.78 is 31.9. The lowest BCUT2D eigenvalue weighted by Crippen LogP contribution is -2.40. The molecule has 4 rings (SSSR count). The van der Waals surface area contributed by atoms with Crippen molar-refractivity contribution in [2.75, 3.05) is 31.6 Å². The number of morpholine rings is 1. The van der Waals surface area contributed by atoms with Crippen molar-refractivity contribution in [1.29, 1.82) is 0 Å². The summed E-state index contributed by atoms with van der Waals surface area (Å²) in [6.45, 7) is 1.37. The van der Waals surface area contributed by atoms with E-state index >= 15 is 0 Å². The Kier molecular flexibility index (Phi) is 7.11. The second kappa shape index (κ2) is 10.0. The lowest BCUT2D eigenvalue weighted by Gasteiger charge is -2.26. The molecule has 0 saturated carbocycles. The standard InChI is InChI=1S/C20H20ClN5O4S2/c21-16-5-1-14(2-6-16)13-31-20-23-19(24-25-20)22-18(27)15-3-7-17(8-4-15)32(28,29)26-9-11-30-12-10-26/h1-8H,9-13H2,(H2,22,23,24,25,27). The molecule has 0 aliphatic carbocycles. The summed E-state index contributed by atoms with van der Waals surface area (Å²) in [7, 11) is -3.61. The number of hydrogen-bond acceptors (Lipinski definition) is 7. The molecule has 1 saturated heterocycles. The van der Waals surface area contributed by atoms with Crippen molar-refractivity contribution in [3.8, 4) is 0 Å². The zero-order chi connectivity index (χ0) is 22.6. The molecule has 3 aromatic rings. The third-order valence-corrected chi connectivity index (χ3v) is 7.79. The van der Waals surface area contributed by atoms with Gasteiger partial charge in [-0.25, -0.2) is 13.5 Å². The molecule has 1 aromatic heterocycles. The van der Waals surface area contributed by atoms with Crippen LogP contribution >= 0.6 is 23.4 Å². The van der Waals surface area contributed by atoms with Crippen molar-refractivity contribution in [3.63, 3.8) is 0 Å². The van der Waals surface area contributed by atoms with Crippen molar-refractivity contribution in [3.05, 3.63) is 64.7 Å². The first-order chi connectivity index (χ1) is 15.4. The number of hydrogen-bond donors (Lipinski definition) is 2. The molecule has 1 amide bonds. The molecule has 0 bridgehead atoms. The fourth-order valence-corrected chi connectivity index (χ4v) is 5.28. The van der Waals surface area contributed by atoms with E-state index < -0.39 is 15.9 Å². The van der Waals surface area contributed by atoms with E-state index in [0.29, 0.717) is 47.8 Å². The van der Waals surface area contributed by atoms with Gasteiger partial charge in [-0.2, -0.15) is 9.29 Å². The first-order valence-corrected chi connectivity index (χ1v) is 12.5. The maximum absolute atomic E-state index is 12.7. The highest BCUT2D eigenvalue weighted by molar-refractivity contribution is 7.98. The third kappa shape index (κ3) is 5.48. The van der Waals surface area contributed by atoms with Gasteiger partial charge in [0.05, 0.1) is 18.1 Å². The summed E-state index contributed by atoms with van der Waals surface area (Å²) in [5.74, 6) is 0.436. The summed E-state index contributed by atoms with van der Waals surface area (Å²) in [4.78, 5) is 16.9. The number of aromatic amines is 1. The van der Waals surface area contributed by atoms with Crippen LogP contribution in [0.4, 0.5) is 5.95 Å². The number of ether oxygens (including phenoxy) is 1. The lowest BCUT2D eigenvalue weighted by atomic mass is 10.2. The van der Waals surface area contributed by atoms with Crippen molar-refractivity contribution < 1.29 is 17.9 Å². The van der Waals surface area contributed by atoms with E-state index in [1.54, 1.807) is 0 Å². The molecule has 0 unspecified atom stereocenters. The number of benzene rings is 2. The maximum Gasteiger partial charge on any atom is 0.258 e. The molecular formula is C20H20ClN5O4S2. The summed E-state index contributed by atoms with van der Waals surface area (Å²) in [6, 6.07) is 13.3. The predicted octanol–water partition coefficient (Wildman–Crippen LogP) is 3.02. The zero-order valence-electron chi connectivity index (χ0n) is 16.8. The van der Waals surface area contributed by atoms with Gasteiger partial charge in [0.1, 0.15) is 0 Å². The Bertz CT molecular complexity index is 1180. The van der Waals surface area contributed by atoms with E-state index in [4.69, 9.17) is 16.3 Å². The quantitative estimate of drug-likeness (QED) is 0.486. The number of nitrogens with one attached hydrogen (secondary N) is 2. The minimum absolute atomic E-state index is 0.136. The number of thioether (sulfide) groups is 1. The largest absolute Gasteiger partial charge is 0.379 e. The number of rotatable bonds is 7. The first kappa shape index (κ1) is 22.7. The van der Waals surface area contributed by atoms with Crippen molar-refractivity contribution >= 4 is 45.2 Å². The SMILES string of the molecule is O=C(Nc1nc(SCc2ccc(Cl)cc2)n[nH]1)c1ccc(S(=O)(=O)N2CCOCC2)cc1. The van der Waals surface area contributed by atoms with Gasteiger partial charge in [0.15, 0.2) is 0 Å². The number of carbonyl (C=O) groups is 1. The molecule has 9 nitrogen and oxygen atoms in total. The van der Waals surface area contributed by atoms with Gasteiger partial charge in [0.2, 0.25) is 21.1 Å². The Hall–Kier alpha value is -2.44. The molecule has 1 aliphatic rings. The van der Waals surface area contributed by atoms with Crippen LogP contribution in [0.2, 0.25) is 5.02 Å². The van der Waals surface area contributed by atoms with Gasteiger partial charge in [0.25, 0.3) is 5.91 Å². The van der Waals surface area contributed by atoms with E-state index in [1.165, 1.54) is 40.3 Å². The van der Waals surface area contributed by atoms with Gasteiger partial charge in [0, 0.05) is 29.4 Å². The molecule has 1 fully saturated rings. The van der Waals surface area contributed by atoms with Crippen molar-refractivity contribution in [2.24, 2.45) is 0 Å². The smallest absolute Gasteiger partial charge is 0.258 e. The topological polar surface area (TPSA) is 117 Å². The van der Waals surface area contributed by atoms with Crippen molar-refractivity contribution in [1.82, 2.24) is 19.5 Å². The van der Waals surface area contributed by atoms with E-state index in [1.807, 2.05) is 24.3 Å². The van der Waals surface area contributed by atoms with Gasteiger partial charge < -0.3 is 4.74 Å². The van der Waals surface area contributed by atoms with Crippen LogP contribution < -0.4 is 5.32 Å². The monoisotopic (exact) mass is 493 g/mol. The average Bonchev–Trinajstić information content (AvgIpc) is 3.26. The summed E-state index contributed by atoms with van der Waals surface area (Å²) in [6.07, 6.45) is 0. The van der Waals surface area contributed by atoms with Crippen LogP contribution in [0.15, 0.2) is 58.6 Å². The molecule has 0 radical (unpaired) electrons. The number of anilines is 1. The molecule has 2 N–H and O–H groups in total. The van der Waals surface area contributed by atoms with Crippen LogP contribution in [0.1, 0.15) is 15.9 Å². The Morgan fingerprint density at radius 3 is 2.50 bits per heavy atom. The highest BCUT2D eigenvalue weighted by atomic mass is 35.5. The fraction of sp³-hybridized carbons (Fsp3) is 0.250. The highest BCUT2D eigenvalue weighted by Gasteiger charge is 2.26. The number of amides is 1. The minimum Gasteiger partial charge on any atom is -0.379 e. The molecule has 1 aliphatic heterocycles. The number of carbonyl (C=O) groups excluding carboxylic acids is 1. The number of H-pyrrole nitrogens is 1. The molecule has 0 spiro atoms. The minimum atomic E-state index is -3.61. The number of sulfonamides is 1. The van der Waals surface area contributed by atoms with Crippen LogP contribution in [0.3, 0.4) is 0 Å². The Balaban J connectivity index is 1.35. The normalized spacial score (nSPS) is 14.9. The maximum atomic E-state index is 12.7. The molecule has 32 heavy (non-hydrogen) atoms.